The average molecular weight is 192 g/mol. The highest BCUT2D eigenvalue weighted by Gasteiger charge is 2.07. The molecule has 0 fully saturated rings. The average Bonchev–Trinajstić information content (AvgIpc) is 2.01. The normalized spacial score (nSPS) is 10.3. The maximum absolute atomic E-state index is 7.26. The second-order valence-corrected chi connectivity index (χ2v) is 3.56. The van der Waals surface area contributed by atoms with Crippen molar-refractivity contribution >= 4 is 17.7 Å². The zero-order chi connectivity index (χ0) is 10.7. The van der Waals surface area contributed by atoms with E-state index >= 15 is 0 Å². The zero-order valence-electron chi connectivity index (χ0n) is 8.76. The Labute approximate surface area is 84.1 Å². The van der Waals surface area contributed by atoms with Crippen LogP contribution in [0.4, 0.5) is 11.5 Å². The van der Waals surface area contributed by atoms with Crippen LogP contribution < -0.4 is 11.1 Å². The van der Waals surface area contributed by atoms with Crippen molar-refractivity contribution in [2.45, 2.75) is 26.8 Å². The van der Waals surface area contributed by atoms with E-state index in [1.165, 1.54) is 6.21 Å². The Morgan fingerprint density at radius 3 is 2.71 bits per heavy atom. The van der Waals surface area contributed by atoms with Crippen LogP contribution in [0, 0.1) is 12.3 Å². The van der Waals surface area contributed by atoms with Crippen LogP contribution in [0.25, 0.3) is 0 Å². The number of aryl methyl sites for hydroxylation is 1. The fraction of sp³-hybridized carbons (Fsp3) is 0.400. The molecule has 0 aliphatic rings. The molecular formula is C10H16N4. The van der Waals surface area contributed by atoms with Crippen LogP contribution in [0.3, 0.4) is 0 Å². The fourth-order valence-corrected chi connectivity index (χ4v) is 1.24. The van der Waals surface area contributed by atoms with Crippen LogP contribution in [-0.4, -0.2) is 17.2 Å². The molecule has 0 aliphatic heterocycles. The van der Waals surface area contributed by atoms with Crippen molar-refractivity contribution in [1.29, 1.82) is 5.41 Å². The van der Waals surface area contributed by atoms with Crippen molar-refractivity contribution < 1.29 is 0 Å². The molecule has 1 heterocycles. The first-order valence-corrected chi connectivity index (χ1v) is 4.58. The minimum absolute atomic E-state index is 0.280. The molecule has 1 aromatic heterocycles. The second kappa shape index (κ2) is 4.09. The van der Waals surface area contributed by atoms with Crippen molar-refractivity contribution in [3.05, 3.63) is 17.3 Å². The first-order valence-electron chi connectivity index (χ1n) is 4.58. The Morgan fingerprint density at radius 2 is 2.21 bits per heavy atom. The molecule has 1 rings (SSSR count). The Morgan fingerprint density at radius 1 is 1.57 bits per heavy atom. The van der Waals surface area contributed by atoms with Crippen LogP contribution in [-0.2, 0) is 0 Å². The molecule has 4 N–H and O–H groups in total. The number of rotatable bonds is 3. The predicted octanol–water partition coefficient (Wildman–Crippen LogP) is 1.79. The van der Waals surface area contributed by atoms with Crippen molar-refractivity contribution in [2.24, 2.45) is 0 Å². The summed E-state index contributed by atoms with van der Waals surface area (Å²) in [7, 11) is 0. The van der Waals surface area contributed by atoms with Crippen molar-refractivity contribution in [1.82, 2.24) is 4.98 Å². The Hall–Kier alpha value is -1.58. The standard InChI is InChI=1S/C10H16N4/c1-6(2)13-10-8(5-11)9(12)4-7(3)14-10/h4-6,11H,1-3H3,(H3,12,13,14). The van der Waals surface area contributed by atoms with Gasteiger partial charge in [0.05, 0.1) is 5.56 Å². The quantitative estimate of drug-likeness (QED) is 0.639. The molecule has 0 atom stereocenters. The maximum atomic E-state index is 7.26. The van der Waals surface area contributed by atoms with Gasteiger partial charge in [-0.2, -0.15) is 0 Å². The molecular weight excluding hydrogens is 176 g/mol. The number of nitrogens with zero attached hydrogens (tertiary/aromatic N) is 1. The minimum Gasteiger partial charge on any atom is -0.398 e. The summed E-state index contributed by atoms with van der Waals surface area (Å²) in [4.78, 5) is 4.30. The van der Waals surface area contributed by atoms with E-state index in [0.29, 0.717) is 17.1 Å². The molecule has 4 heteroatoms. The van der Waals surface area contributed by atoms with E-state index in [-0.39, 0.29) is 6.04 Å². The number of pyridine rings is 1. The molecule has 0 radical (unpaired) electrons. The van der Waals surface area contributed by atoms with Crippen molar-refractivity contribution in [3.8, 4) is 0 Å². The number of aromatic nitrogens is 1. The number of hydrogen-bond acceptors (Lipinski definition) is 4. The summed E-state index contributed by atoms with van der Waals surface area (Å²) in [6.07, 6.45) is 1.23. The van der Waals surface area contributed by atoms with E-state index in [9.17, 15) is 0 Å². The smallest absolute Gasteiger partial charge is 0.137 e. The number of nitrogen functional groups attached to an aromatic ring is 1. The highest BCUT2D eigenvalue weighted by molar-refractivity contribution is 5.91. The first kappa shape index (κ1) is 10.5. The van der Waals surface area contributed by atoms with Gasteiger partial charge in [0.2, 0.25) is 0 Å². The van der Waals surface area contributed by atoms with Crippen LogP contribution in [0.1, 0.15) is 25.1 Å². The molecule has 1 aromatic rings. The Kier molecular flexibility index (Phi) is 3.06. The van der Waals surface area contributed by atoms with Gasteiger partial charge in [-0.05, 0) is 26.8 Å². The monoisotopic (exact) mass is 192 g/mol. The van der Waals surface area contributed by atoms with Gasteiger partial charge < -0.3 is 16.5 Å². The molecule has 4 nitrogen and oxygen atoms in total. The first-order chi connectivity index (χ1) is 6.54. The summed E-state index contributed by atoms with van der Waals surface area (Å²) in [6.45, 7) is 5.93. The van der Waals surface area contributed by atoms with Gasteiger partial charge in [0, 0.05) is 23.6 Å². The van der Waals surface area contributed by atoms with Gasteiger partial charge in [0.25, 0.3) is 0 Å². The van der Waals surface area contributed by atoms with Crippen molar-refractivity contribution in [3.63, 3.8) is 0 Å². The largest absolute Gasteiger partial charge is 0.398 e. The third-order valence-corrected chi connectivity index (χ3v) is 1.79. The van der Waals surface area contributed by atoms with Gasteiger partial charge in [-0.3, -0.25) is 0 Å². The summed E-state index contributed by atoms with van der Waals surface area (Å²) in [5, 5.41) is 10.4. The molecule has 0 bridgehead atoms. The summed E-state index contributed by atoms with van der Waals surface area (Å²) < 4.78 is 0. The van der Waals surface area contributed by atoms with Crippen LogP contribution in [0.5, 0.6) is 0 Å². The molecule has 0 amide bonds. The number of hydrogen-bond donors (Lipinski definition) is 3. The summed E-state index contributed by atoms with van der Waals surface area (Å²) in [5.74, 6) is 0.688. The van der Waals surface area contributed by atoms with E-state index in [0.717, 1.165) is 5.69 Å². The maximum Gasteiger partial charge on any atom is 0.137 e. The molecule has 76 valence electrons. The van der Waals surface area contributed by atoms with E-state index in [4.69, 9.17) is 11.1 Å². The highest BCUT2D eigenvalue weighted by atomic mass is 15.0. The zero-order valence-corrected chi connectivity index (χ0v) is 8.76. The number of anilines is 2. The molecule has 0 aliphatic carbocycles. The molecule has 0 saturated heterocycles. The third kappa shape index (κ3) is 2.22. The van der Waals surface area contributed by atoms with Gasteiger partial charge in [0.1, 0.15) is 5.82 Å². The lowest BCUT2D eigenvalue weighted by atomic mass is 10.2. The lowest BCUT2D eigenvalue weighted by Crippen LogP contribution is -2.14. The summed E-state index contributed by atoms with van der Waals surface area (Å²) in [5.41, 5.74) is 7.88. The van der Waals surface area contributed by atoms with Gasteiger partial charge in [-0.25, -0.2) is 4.98 Å². The fourth-order valence-electron chi connectivity index (χ4n) is 1.24. The molecule has 0 aromatic carbocycles. The van der Waals surface area contributed by atoms with Crippen LogP contribution in [0.15, 0.2) is 6.07 Å². The molecule has 0 saturated carbocycles. The minimum atomic E-state index is 0.280. The number of nitrogens with one attached hydrogen (secondary N) is 2. The van der Waals surface area contributed by atoms with E-state index in [1.807, 2.05) is 20.8 Å². The molecule has 14 heavy (non-hydrogen) atoms. The summed E-state index contributed by atoms with van der Waals surface area (Å²) in [6, 6.07) is 2.05. The highest BCUT2D eigenvalue weighted by Crippen LogP contribution is 2.19. The van der Waals surface area contributed by atoms with Crippen LogP contribution >= 0.6 is 0 Å². The predicted molar refractivity (Wildman–Crippen MR) is 60.0 cm³/mol. The van der Waals surface area contributed by atoms with Gasteiger partial charge >= 0.3 is 0 Å². The van der Waals surface area contributed by atoms with Gasteiger partial charge in [-0.15, -0.1) is 0 Å². The lowest BCUT2D eigenvalue weighted by Gasteiger charge is -2.13. The molecule has 0 spiro atoms. The topological polar surface area (TPSA) is 74.8 Å². The van der Waals surface area contributed by atoms with Gasteiger partial charge in [-0.1, -0.05) is 0 Å². The van der Waals surface area contributed by atoms with E-state index < -0.39 is 0 Å². The van der Waals surface area contributed by atoms with Gasteiger partial charge in [0.15, 0.2) is 0 Å². The van der Waals surface area contributed by atoms with Crippen LogP contribution in [0.2, 0.25) is 0 Å². The Bertz CT molecular complexity index is 344. The Balaban J connectivity index is 3.17. The van der Waals surface area contributed by atoms with E-state index in [2.05, 4.69) is 10.3 Å². The SMILES string of the molecule is Cc1cc(N)c(C=N)c(NC(C)C)n1. The lowest BCUT2D eigenvalue weighted by molar-refractivity contribution is 0.886. The molecule has 0 unspecified atom stereocenters. The number of nitrogens with two attached hydrogens (primary N) is 1. The summed E-state index contributed by atoms with van der Waals surface area (Å²) >= 11 is 0. The van der Waals surface area contributed by atoms with Crippen molar-refractivity contribution in [2.75, 3.05) is 11.1 Å². The van der Waals surface area contributed by atoms with E-state index in [1.54, 1.807) is 6.07 Å². The third-order valence-electron chi connectivity index (χ3n) is 1.79. The second-order valence-electron chi connectivity index (χ2n) is 3.56.